The molecule has 9 heteroatoms. The fraction of sp³-hybridized carbons (Fsp3) is 0.158. The van der Waals surface area contributed by atoms with E-state index in [9.17, 15) is 18.5 Å². The number of fused-ring (bicyclic) bond motifs is 1. The molecular formula is C19H16ClN3O4S. The number of carbonyl (C=O) groups excluding carboxylic acids is 1. The number of pyridine rings is 1. The number of esters is 1. The predicted octanol–water partition coefficient (Wildman–Crippen LogP) is 2.87. The molecule has 0 saturated heterocycles. The highest BCUT2D eigenvalue weighted by Gasteiger charge is 2.24. The van der Waals surface area contributed by atoms with Gasteiger partial charge in [-0.3, -0.25) is 4.79 Å². The van der Waals surface area contributed by atoms with E-state index in [-0.39, 0.29) is 16.5 Å². The normalized spacial score (nSPS) is 12.5. The van der Waals surface area contributed by atoms with Crippen molar-refractivity contribution < 1.29 is 17.9 Å². The summed E-state index contributed by atoms with van der Waals surface area (Å²) >= 11 is 5.82. The average molecular weight is 418 g/mol. The quantitative estimate of drug-likeness (QED) is 0.621. The summed E-state index contributed by atoms with van der Waals surface area (Å²) in [5.74, 6) is -0.759. The second kappa shape index (κ2) is 8.02. The Morgan fingerprint density at radius 2 is 2.11 bits per heavy atom. The van der Waals surface area contributed by atoms with Crippen molar-refractivity contribution in [3.05, 3.63) is 71.0 Å². The zero-order valence-corrected chi connectivity index (χ0v) is 16.4. The van der Waals surface area contributed by atoms with Crippen LogP contribution in [-0.4, -0.2) is 24.8 Å². The van der Waals surface area contributed by atoms with E-state index in [1.807, 2.05) is 6.07 Å². The number of hydrogen-bond acceptors (Lipinski definition) is 5. The van der Waals surface area contributed by atoms with E-state index >= 15 is 0 Å². The first-order chi connectivity index (χ1) is 13.3. The molecule has 0 aliphatic rings. The third-order valence-electron chi connectivity index (χ3n) is 4.04. The zero-order valence-electron chi connectivity index (χ0n) is 14.8. The molecule has 3 aromatic rings. The van der Waals surface area contributed by atoms with Gasteiger partial charge in [-0.2, -0.15) is 9.98 Å². The maximum absolute atomic E-state index is 12.4. The van der Waals surface area contributed by atoms with Gasteiger partial charge in [0.1, 0.15) is 18.7 Å². The lowest BCUT2D eigenvalue weighted by molar-refractivity contribution is -0.146. The Kier molecular flexibility index (Phi) is 5.70. The van der Waals surface area contributed by atoms with Crippen molar-refractivity contribution in [2.45, 2.75) is 24.5 Å². The smallest absolute Gasteiger partial charge is 0.324 e. The maximum atomic E-state index is 12.4. The summed E-state index contributed by atoms with van der Waals surface area (Å²) in [4.78, 5) is 12.2. The largest absolute Gasteiger partial charge is 0.460 e. The Labute approximate surface area is 167 Å². The van der Waals surface area contributed by atoms with Gasteiger partial charge in [0.2, 0.25) is 10.0 Å². The van der Waals surface area contributed by atoms with Crippen LogP contribution in [0.2, 0.25) is 5.02 Å². The molecule has 3 rings (SSSR count). The summed E-state index contributed by atoms with van der Waals surface area (Å²) in [6.45, 7) is 1.23. The van der Waals surface area contributed by atoms with Gasteiger partial charge in [-0.15, -0.1) is 0 Å². The highest BCUT2D eigenvalue weighted by molar-refractivity contribution is 7.89. The van der Waals surface area contributed by atoms with Crippen LogP contribution in [0.25, 0.3) is 5.52 Å². The number of sulfonamides is 1. The Balaban J connectivity index is 1.69. The molecule has 28 heavy (non-hydrogen) atoms. The van der Waals surface area contributed by atoms with Gasteiger partial charge in [-0.05, 0) is 37.3 Å². The summed E-state index contributed by atoms with van der Waals surface area (Å²) in [5, 5.41) is 9.64. The lowest BCUT2D eigenvalue weighted by atomic mass is 10.2. The average Bonchev–Trinajstić information content (AvgIpc) is 3.03. The van der Waals surface area contributed by atoms with E-state index in [4.69, 9.17) is 16.3 Å². The van der Waals surface area contributed by atoms with Gasteiger partial charge in [0, 0.05) is 23.0 Å². The van der Waals surface area contributed by atoms with Gasteiger partial charge in [-0.1, -0.05) is 23.7 Å². The minimum absolute atomic E-state index is 0.0508. The number of nitriles is 1. The fourth-order valence-electron chi connectivity index (χ4n) is 2.67. The highest BCUT2D eigenvalue weighted by atomic mass is 35.5. The number of nitrogens with one attached hydrogen (secondary N) is 1. The number of rotatable bonds is 6. The van der Waals surface area contributed by atoms with E-state index in [0.717, 1.165) is 0 Å². The van der Waals surface area contributed by atoms with Crippen molar-refractivity contribution in [3.63, 3.8) is 0 Å². The number of halogens is 1. The summed E-state index contributed by atoms with van der Waals surface area (Å²) in [5.41, 5.74) is 1.64. The van der Waals surface area contributed by atoms with Crippen LogP contribution in [0.5, 0.6) is 0 Å². The maximum Gasteiger partial charge on any atom is 0.324 e. The Hall–Kier alpha value is -2.86. The van der Waals surface area contributed by atoms with Crippen molar-refractivity contribution in [3.8, 4) is 6.07 Å². The van der Waals surface area contributed by atoms with E-state index in [1.165, 1.54) is 25.1 Å². The van der Waals surface area contributed by atoms with Crippen LogP contribution in [0.3, 0.4) is 0 Å². The molecule has 0 bridgehead atoms. The first-order valence-corrected chi connectivity index (χ1v) is 10.1. The SMILES string of the molecule is C[C@H](NS(=O)(=O)c1cccc(Cl)c1)C(=O)OCc1cn2ccccc2c1C#N. The molecule has 0 spiro atoms. The summed E-state index contributed by atoms with van der Waals surface area (Å²) in [6, 6.07) is 12.1. The molecule has 1 atom stereocenters. The van der Waals surface area contributed by atoms with Gasteiger partial charge in [0.05, 0.1) is 16.0 Å². The van der Waals surface area contributed by atoms with Gasteiger partial charge >= 0.3 is 5.97 Å². The van der Waals surface area contributed by atoms with Crippen molar-refractivity contribution >= 4 is 33.1 Å². The molecule has 1 aromatic carbocycles. The van der Waals surface area contributed by atoms with Crippen molar-refractivity contribution in [1.82, 2.24) is 9.12 Å². The molecule has 0 unspecified atom stereocenters. The van der Waals surface area contributed by atoms with Gasteiger partial charge in [-0.25, -0.2) is 8.42 Å². The standard InChI is InChI=1S/C19H16ClN3O4S/c1-13(22-28(25,26)16-6-4-5-15(20)9-16)19(24)27-12-14-11-23-8-3-2-7-18(23)17(14)10-21/h2-9,11,13,22H,12H2,1H3/t13-/m0/s1. The molecule has 0 aliphatic carbocycles. The van der Waals surface area contributed by atoms with Gasteiger partial charge in [0.25, 0.3) is 0 Å². The van der Waals surface area contributed by atoms with Gasteiger partial charge in [0.15, 0.2) is 0 Å². The van der Waals surface area contributed by atoms with Crippen LogP contribution in [0.1, 0.15) is 18.1 Å². The highest BCUT2D eigenvalue weighted by Crippen LogP contribution is 2.19. The van der Waals surface area contributed by atoms with Crippen LogP contribution < -0.4 is 4.72 Å². The zero-order chi connectivity index (χ0) is 20.3. The molecule has 0 aliphatic heterocycles. The topological polar surface area (TPSA) is 101 Å². The van der Waals surface area contributed by atoms with Gasteiger partial charge < -0.3 is 9.14 Å². The lowest BCUT2D eigenvalue weighted by Gasteiger charge is -2.13. The Morgan fingerprint density at radius 1 is 1.32 bits per heavy atom. The number of nitrogens with zero attached hydrogens (tertiary/aromatic N) is 2. The third kappa shape index (κ3) is 4.17. The first-order valence-electron chi connectivity index (χ1n) is 8.25. The molecule has 0 saturated carbocycles. The molecule has 2 heterocycles. The molecule has 2 aromatic heterocycles. The van der Waals surface area contributed by atoms with Crippen LogP contribution in [0.15, 0.2) is 59.8 Å². The first kappa shape index (κ1) is 19.9. The third-order valence-corrected chi connectivity index (χ3v) is 5.81. The number of benzene rings is 1. The summed E-state index contributed by atoms with van der Waals surface area (Å²) in [7, 11) is -3.94. The number of aromatic nitrogens is 1. The van der Waals surface area contributed by atoms with Crippen LogP contribution in [0.4, 0.5) is 0 Å². The predicted molar refractivity (Wildman–Crippen MR) is 103 cm³/mol. The van der Waals surface area contributed by atoms with Crippen LogP contribution >= 0.6 is 11.6 Å². The van der Waals surface area contributed by atoms with Crippen molar-refractivity contribution in [2.24, 2.45) is 0 Å². The van der Waals surface area contributed by atoms with Crippen molar-refractivity contribution in [1.29, 1.82) is 5.26 Å². The fourth-order valence-corrected chi connectivity index (χ4v) is 4.17. The minimum atomic E-state index is -3.94. The van der Waals surface area contributed by atoms with E-state index < -0.39 is 22.0 Å². The van der Waals surface area contributed by atoms with E-state index in [2.05, 4.69) is 10.8 Å². The molecular weight excluding hydrogens is 402 g/mol. The molecule has 144 valence electrons. The molecule has 1 N–H and O–H groups in total. The second-order valence-corrected chi connectivity index (χ2v) is 8.19. The Bertz CT molecular complexity index is 1180. The molecule has 0 fully saturated rings. The van der Waals surface area contributed by atoms with Crippen molar-refractivity contribution in [2.75, 3.05) is 0 Å². The number of carbonyl (C=O) groups is 1. The molecule has 0 radical (unpaired) electrons. The van der Waals surface area contributed by atoms with E-state index in [0.29, 0.717) is 16.6 Å². The molecule has 7 nitrogen and oxygen atoms in total. The summed E-state index contributed by atoms with van der Waals surface area (Å²) in [6.07, 6.45) is 3.48. The minimum Gasteiger partial charge on any atom is -0.460 e. The lowest BCUT2D eigenvalue weighted by Crippen LogP contribution is -2.39. The Morgan fingerprint density at radius 3 is 2.82 bits per heavy atom. The molecule has 0 amide bonds. The second-order valence-electron chi connectivity index (χ2n) is 6.04. The van der Waals surface area contributed by atoms with Crippen LogP contribution in [-0.2, 0) is 26.2 Å². The monoisotopic (exact) mass is 417 g/mol. The van der Waals surface area contributed by atoms with E-state index in [1.54, 1.807) is 35.0 Å². The summed E-state index contributed by atoms with van der Waals surface area (Å²) < 4.78 is 34.0. The van der Waals surface area contributed by atoms with Crippen LogP contribution in [0, 0.1) is 11.3 Å². The number of ether oxygens (including phenoxy) is 1. The number of hydrogen-bond donors (Lipinski definition) is 1.